The third-order valence-corrected chi connectivity index (χ3v) is 3.62. The molecule has 1 heterocycles. The van der Waals surface area contributed by atoms with E-state index in [2.05, 4.69) is 17.4 Å². The van der Waals surface area contributed by atoms with Crippen LogP contribution in [0.2, 0.25) is 5.02 Å². The highest BCUT2D eigenvalue weighted by Crippen LogP contribution is 2.30. The maximum atomic E-state index is 14.0. The molecule has 0 aliphatic carbocycles. The minimum atomic E-state index is -0.253. The summed E-state index contributed by atoms with van der Waals surface area (Å²) in [7, 11) is 0. The Morgan fingerprint density at radius 1 is 1.11 bits per heavy atom. The third-order valence-electron chi connectivity index (χ3n) is 3.38. The molecule has 92 valence electrons. The fraction of sp³-hybridized carbons (Fsp3) is 0.200. The van der Waals surface area contributed by atoms with Gasteiger partial charge in [-0.15, -0.1) is 0 Å². The first-order valence-electron chi connectivity index (χ1n) is 6.02. The van der Waals surface area contributed by atoms with Crippen LogP contribution >= 0.6 is 11.6 Å². The molecule has 18 heavy (non-hydrogen) atoms. The minimum Gasteiger partial charge on any atom is -0.306 e. The number of benzene rings is 2. The van der Waals surface area contributed by atoms with Crippen LogP contribution in [0, 0.1) is 5.82 Å². The van der Waals surface area contributed by atoms with Gasteiger partial charge in [0, 0.05) is 17.1 Å². The first kappa shape index (κ1) is 11.7. The molecular weight excluding hydrogens is 249 g/mol. The van der Waals surface area contributed by atoms with Crippen molar-refractivity contribution in [2.24, 2.45) is 0 Å². The van der Waals surface area contributed by atoms with Gasteiger partial charge < -0.3 is 5.32 Å². The van der Waals surface area contributed by atoms with E-state index in [1.165, 1.54) is 11.6 Å². The molecule has 0 radical (unpaired) electrons. The van der Waals surface area contributed by atoms with Crippen molar-refractivity contribution in [2.75, 3.05) is 6.54 Å². The number of rotatable bonds is 1. The van der Waals surface area contributed by atoms with Crippen LogP contribution < -0.4 is 5.32 Å². The van der Waals surface area contributed by atoms with E-state index >= 15 is 0 Å². The Labute approximate surface area is 111 Å². The summed E-state index contributed by atoms with van der Waals surface area (Å²) in [6.45, 7) is 0.865. The van der Waals surface area contributed by atoms with Crippen molar-refractivity contribution in [3.8, 4) is 0 Å². The Kier molecular flexibility index (Phi) is 3.06. The van der Waals surface area contributed by atoms with Gasteiger partial charge in [0.1, 0.15) is 5.82 Å². The van der Waals surface area contributed by atoms with Gasteiger partial charge in [0.25, 0.3) is 0 Å². The number of hydrogen-bond donors (Lipinski definition) is 1. The molecule has 0 saturated carbocycles. The van der Waals surface area contributed by atoms with Gasteiger partial charge in [0.05, 0.1) is 6.04 Å². The quantitative estimate of drug-likeness (QED) is 0.825. The molecule has 0 aromatic heterocycles. The second kappa shape index (κ2) is 4.71. The summed E-state index contributed by atoms with van der Waals surface area (Å²) >= 11 is 5.80. The molecule has 0 amide bonds. The van der Waals surface area contributed by atoms with Crippen molar-refractivity contribution in [2.45, 2.75) is 12.5 Å². The van der Waals surface area contributed by atoms with Crippen molar-refractivity contribution in [1.29, 1.82) is 0 Å². The van der Waals surface area contributed by atoms with Crippen molar-refractivity contribution in [3.63, 3.8) is 0 Å². The molecule has 1 aliphatic heterocycles. The molecule has 1 N–H and O–H groups in total. The van der Waals surface area contributed by atoms with Crippen LogP contribution in [-0.4, -0.2) is 6.54 Å². The molecule has 1 aliphatic rings. The molecule has 3 rings (SSSR count). The Morgan fingerprint density at radius 3 is 2.78 bits per heavy atom. The topological polar surface area (TPSA) is 12.0 Å². The zero-order valence-electron chi connectivity index (χ0n) is 9.79. The van der Waals surface area contributed by atoms with Crippen LogP contribution in [0.3, 0.4) is 0 Å². The summed E-state index contributed by atoms with van der Waals surface area (Å²) in [6.07, 6.45) is 0.988. The highest BCUT2D eigenvalue weighted by atomic mass is 35.5. The summed E-state index contributed by atoms with van der Waals surface area (Å²) in [6, 6.07) is 13.0. The van der Waals surface area contributed by atoms with E-state index in [4.69, 9.17) is 11.6 Å². The van der Waals surface area contributed by atoms with Crippen molar-refractivity contribution in [3.05, 3.63) is 70.0 Å². The predicted molar refractivity (Wildman–Crippen MR) is 71.4 cm³/mol. The maximum Gasteiger partial charge on any atom is 0.129 e. The lowest BCUT2D eigenvalue weighted by atomic mass is 9.90. The SMILES string of the molecule is Fc1cc(Cl)ccc1C1NCCc2ccccc21. The van der Waals surface area contributed by atoms with Crippen LogP contribution in [0.4, 0.5) is 4.39 Å². The molecule has 1 unspecified atom stereocenters. The monoisotopic (exact) mass is 261 g/mol. The normalized spacial score (nSPS) is 18.4. The number of halogens is 2. The average Bonchev–Trinajstić information content (AvgIpc) is 2.38. The van der Waals surface area contributed by atoms with Crippen molar-refractivity contribution in [1.82, 2.24) is 5.32 Å². The van der Waals surface area contributed by atoms with Crippen LogP contribution in [0.25, 0.3) is 0 Å². The first-order valence-corrected chi connectivity index (χ1v) is 6.39. The molecule has 0 saturated heterocycles. The van der Waals surface area contributed by atoms with E-state index in [1.807, 2.05) is 12.1 Å². The molecule has 2 aromatic carbocycles. The maximum absolute atomic E-state index is 14.0. The summed E-state index contributed by atoms with van der Waals surface area (Å²) in [5.41, 5.74) is 3.10. The zero-order valence-corrected chi connectivity index (χ0v) is 10.5. The highest BCUT2D eigenvalue weighted by molar-refractivity contribution is 6.30. The smallest absolute Gasteiger partial charge is 0.129 e. The summed E-state index contributed by atoms with van der Waals surface area (Å²) < 4.78 is 14.0. The lowest BCUT2D eigenvalue weighted by Crippen LogP contribution is -2.31. The summed E-state index contributed by atoms with van der Waals surface area (Å²) in [5, 5.41) is 3.80. The van der Waals surface area contributed by atoms with Crippen LogP contribution in [0.5, 0.6) is 0 Å². The van der Waals surface area contributed by atoms with Gasteiger partial charge in [-0.1, -0.05) is 41.9 Å². The molecule has 0 spiro atoms. The van der Waals surface area contributed by atoms with E-state index in [0.717, 1.165) is 18.5 Å². The van der Waals surface area contributed by atoms with Crippen LogP contribution in [0.15, 0.2) is 42.5 Å². The number of nitrogens with one attached hydrogen (secondary N) is 1. The molecule has 2 aromatic rings. The molecule has 1 atom stereocenters. The Hall–Kier alpha value is -1.38. The lowest BCUT2D eigenvalue weighted by Gasteiger charge is -2.27. The van der Waals surface area contributed by atoms with E-state index in [0.29, 0.717) is 10.6 Å². The molecule has 3 heteroatoms. The van der Waals surface area contributed by atoms with Gasteiger partial charge in [-0.3, -0.25) is 0 Å². The van der Waals surface area contributed by atoms with E-state index in [-0.39, 0.29) is 11.9 Å². The van der Waals surface area contributed by atoms with Gasteiger partial charge >= 0.3 is 0 Å². The largest absolute Gasteiger partial charge is 0.306 e. The summed E-state index contributed by atoms with van der Waals surface area (Å²) in [5.74, 6) is -0.253. The fourth-order valence-electron chi connectivity index (χ4n) is 2.52. The first-order chi connectivity index (χ1) is 8.75. The van der Waals surface area contributed by atoms with Gasteiger partial charge in [-0.2, -0.15) is 0 Å². The van der Waals surface area contributed by atoms with Crippen molar-refractivity contribution >= 4 is 11.6 Å². The molecule has 0 bridgehead atoms. The van der Waals surface area contributed by atoms with E-state index < -0.39 is 0 Å². The van der Waals surface area contributed by atoms with Gasteiger partial charge in [0.15, 0.2) is 0 Å². The number of hydrogen-bond acceptors (Lipinski definition) is 1. The standard InChI is InChI=1S/C15H13ClFN/c16-11-5-6-13(14(17)9-11)15-12-4-2-1-3-10(12)7-8-18-15/h1-6,9,15,18H,7-8H2. The molecule has 1 nitrogen and oxygen atoms in total. The van der Waals surface area contributed by atoms with Gasteiger partial charge in [-0.05, 0) is 29.7 Å². The Bertz CT molecular complexity index is 582. The summed E-state index contributed by atoms with van der Waals surface area (Å²) in [4.78, 5) is 0. The van der Waals surface area contributed by atoms with Gasteiger partial charge in [-0.25, -0.2) is 4.39 Å². The molecular formula is C15H13ClFN. The highest BCUT2D eigenvalue weighted by Gasteiger charge is 2.23. The Balaban J connectivity index is 2.08. The van der Waals surface area contributed by atoms with Crippen LogP contribution in [0.1, 0.15) is 22.7 Å². The number of fused-ring (bicyclic) bond motifs is 1. The Morgan fingerprint density at radius 2 is 1.94 bits per heavy atom. The van der Waals surface area contributed by atoms with E-state index in [9.17, 15) is 4.39 Å². The zero-order chi connectivity index (χ0) is 12.5. The second-order valence-corrected chi connectivity index (χ2v) is 4.94. The van der Waals surface area contributed by atoms with Crippen molar-refractivity contribution < 1.29 is 4.39 Å². The van der Waals surface area contributed by atoms with E-state index in [1.54, 1.807) is 12.1 Å². The average molecular weight is 262 g/mol. The fourth-order valence-corrected chi connectivity index (χ4v) is 2.68. The van der Waals surface area contributed by atoms with Gasteiger partial charge in [0.2, 0.25) is 0 Å². The third kappa shape index (κ3) is 2.02. The predicted octanol–water partition coefficient (Wildman–Crippen LogP) is 3.71. The molecule has 0 fully saturated rings. The van der Waals surface area contributed by atoms with Crippen LogP contribution in [-0.2, 0) is 6.42 Å². The second-order valence-electron chi connectivity index (χ2n) is 4.50. The minimum absolute atomic E-state index is 0.0767. The lowest BCUT2D eigenvalue weighted by molar-refractivity contribution is 0.528.